The van der Waals surface area contributed by atoms with Gasteiger partial charge in [0.1, 0.15) is 5.76 Å². The van der Waals surface area contributed by atoms with Crippen LogP contribution in [0, 0.1) is 0 Å². The van der Waals surface area contributed by atoms with Gasteiger partial charge in [-0.3, -0.25) is 4.79 Å². The lowest BCUT2D eigenvalue weighted by Crippen LogP contribution is -1.86. The SMILES string of the molecule is CCc1ccc(Br)cc1-c1ccc(C=O)o1. The fourth-order valence-electron chi connectivity index (χ4n) is 1.65. The smallest absolute Gasteiger partial charge is 0.185 e. The largest absolute Gasteiger partial charge is 0.453 e. The van der Waals surface area contributed by atoms with E-state index in [-0.39, 0.29) is 0 Å². The molecule has 0 spiro atoms. The Hall–Kier alpha value is -1.35. The van der Waals surface area contributed by atoms with Gasteiger partial charge < -0.3 is 4.42 Å². The van der Waals surface area contributed by atoms with Gasteiger partial charge in [-0.05, 0) is 36.2 Å². The van der Waals surface area contributed by atoms with Gasteiger partial charge in [0.25, 0.3) is 0 Å². The van der Waals surface area contributed by atoms with Gasteiger partial charge >= 0.3 is 0 Å². The highest BCUT2D eigenvalue weighted by atomic mass is 79.9. The van der Waals surface area contributed by atoms with E-state index < -0.39 is 0 Å². The van der Waals surface area contributed by atoms with Crippen LogP contribution in [-0.4, -0.2) is 6.29 Å². The minimum atomic E-state index is 0.358. The van der Waals surface area contributed by atoms with E-state index in [1.165, 1.54) is 5.56 Å². The number of furan rings is 1. The Bertz CT molecular complexity index is 514. The molecular formula is C13H11BrO2. The maximum absolute atomic E-state index is 10.6. The lowest BCUT2D eigenvalue weighted by atomic mass is 10.0. The van der Waals surface area contributed by atoms with Gasteiger partial charge in [-0.1, -0.05) is 28.9 Å². The van der Waals surface area contributed by atoms with Crippen LogP contribution in [0.1, 0.15) is 23.0 Å². The molecule has 0 radical (unpaired) electrons. The number of hydrogen-bond donors (Lipinski definition) is 0. The molecule has 0 aliphatic rings. The fraction of sp³-hybridized carbons (Fsp3) is 0.154. The van der Waals surface area contributed by atoms with Gasteiger partial charge in [-0.2, -0.15) is 0 Å². The van der Waals surface area contributed by atoms with Crippen LogP contribution in [0.4, 0.5) is 0 Å². The average molecular weight is 279 g/mol. The zero-order valence-corrected chi connectivity index (χ0v) is 10.5. The Morgan fingerprint density at radius 1 is 1.31 bits per heavy atom. The van der Waals surface area contributed by atoms with Crippen molar-refractivity contribution in [2.75, 3.05) is 0 Å². The molecule has 2 nitrogen and oxygen atoms in total. The van der Waals surface area contributed by atoms with E-state index in [0.29, 0.717) is 12.0 Å². The second-order valence-electron chi connectivity index (χ2n) is 3.47. The molecule has 82 valence electrons. The topological polar surface area (TPSA) is 30.2 Å². The van der Waals surface area contributed by atoms with Gasteiger partial charge in [-0.15, -0.1) is 0 Å². The van der Waals surface area contributed by atoms with E-state index in [2.05, 4.69) is 28.9 Å². The highest BCUT2D eigenvalue weighted by molar-refractivity contribution is 9.10. The fourth-order valence-corrected chi connectivity index (χ4v) is 2.01. The second-order valence-corrected chi connectivity index (χ2v) is 4.39. The number of benzene rings is 1. The Morgan fingerprint density at radius 3 is 2.75 bits per heavy atom. The quantitative estimate of drug-likeness (QED) is 0.792. The summed E-state index contributed by atoms with van der Waals surface area (Å²) in [7, 11) is 0. The maximum Gasteiger partial charge on any atom is 0.185 e. The van der Waals surface area contributed by atoms with Crippen molar-refractivity contribution in [2.45, 2.75) is 13.3 Å². The number of rotatable bonds is 3. The molecule has 0 fully saturated rings. The van der Waals surface area contributed by atoms with Crippen LogP contribution >= 0.6 is 15.9 Å². The molecule has 0 amide bonds. The number of hydrogen-bond acceptors (Lipinski definition) is 2. The summed E-state index contributed by atoms with van der Waals surface area (Å²) in [5.74, 6) is 1.09. The van der Waals surface area contributed by atoms with Crippen molar-refractivity contribution in [3.8, 4) is 11.3 Å². The normalized spacial score (nSPS) is 10.4. The zero-order valence-electron chi connectivity index (χ0n) is 8.87. The third-order valence-electron chi connectivity index (χ3n) is 2.46. The third-order valence-corrected chi connectivity index (χ3v) is 2.95. The molecule has 1 aromatic carbocycles. The second kappa shape index (κ2) is 4.66. The summed E-state index contributed by atoms with van der Waals surface area (Å²) < 4.78 is 6.43. The van der Waals surface area contributed by atoms with Crippen LogP contribution in [0.25, 0.3) is 11.3 Å². The summed E-state index contributed by atoms with van der Waals surface area (Å²) in [5, 5.41) is 0. The van der Waals surface area contributed by atoms with Crippen LogP contribution < -0.4 is 0 Å². The van der Waals surface area contributed by atoms with Gasteiger partial charge in [0, 0.05) is 10.0 Å². The number of carbonyl (C=O) groups is 1. The predicted molar refractivity (Wildman–Crippen MR) is 66.6 cm³/mol. The molecule has 0 aliphatic heterocycles. The summed E-state index contributed by atoms with van der Waals surface area (Å²) in [6, 6.07) is 9.58. The summed E-state index contributed by atoms with van der Waals surface area (Å²) >= 11 is 3.44. The predicted octanol–water partition coefficient (Wildman–Crippen LogP) is 4.08. The van der Waals surface area contributed by atoms with Gasteiger partial charge in [0.05, 0.1) is 0 Å². The van der Waals surface area contributed by atoms with E-state index in [9.17, 15) is 4.79 Å². The van der Waals surface area contributed by atoms with E-state index >= 15 is 0 Å². The molecule has 1 aromatic heterocycles. The number of carbonyl (C=O) groups excluding carboxylic acids is 1. The molecule has 1 heterocycles. The first kappa shape index (κ1) is 11.1. The molecule has 0 atom stereocenters. The first-order valence-electron chi connectivity index (χ1n) is 5.08. The molecular weight excluding hydrogens is 268 g/mol. The molecule has 16 heavy (non-hydrogen) atoms. The Kier molecular flexibility index (Phi) is 3.25. The van der Waals surface area contributed by atoms with Gasteiger partial charge in [0.2, 0.25) is 0 Å². The molecule has 0 saturated heterocycles. The summed E-state index contributed by atoms with van der Waals surface area (Å²) in [4.78, 5) is 10.6. The summed E-state index contributed by atoms with van der Waals surface area (Å²) in [6.45, 7) is 2.09. The first-order chi connectivity index (χ1) is 7.74. The van der Waals surface area contributed by atoms with Crippen molar-refractivity contribution < 1.29 is 9.21 Å². The number of halogens is 1. The minimum Gasteiger partial charge on any atom is -0.453 e. The maximum atomic E-state index is 10.6. The lowest BCUT2D eigenvalue weighted by molar-refractivity contribution is 0.110. The van der Waals surface area contributed by atoms with Crippen LogP contribution in [0.5, 0.6) is 0 Å². The monoisotopic (exact) mass is 278 g/mol. The standard InChI is InChI=1S/C13H11BrO2/c1-2-9-3-4-10(14)7-12(9)13-6-5-11(8-15)16-13/h3-8H,2H2,1H3. The van der Waals surface area contributed by atoms with Crippen LogP contribution in [0.15, 0.2) is 39.2 Å². The van der Waals surface area contributed by atoms with Gasteiger partial charge in [-0.25, -0.2) is 0 Å². The van der Waals surface area contributed by atoms with Gasteiger partial charge in [0.15, 0.2) is 12.0 Å². The lowest BCUT2D eigenvalue weighted by Gasteiger charge is -2.05. The van der Waals surface area contributed by atoms with Crippen molar-refractivity contribution in [1.82, 2.24) is 0 Å². The van der Waals surface area contributed by atoms with Crippen molar-refractivity contribution in [1.29, 1.82) is 0 Å². The Balaban J connectivity index is 2.53. The highest BCUT2D eigenvalue weighted by Gasteiger charge is 2.08. The molecule has 0 unspecified atom stereocenters. The van der Waals surface area contributed by atoms with Crippen LogP contribution in [0.2, 0.25) is 0 Å². The Morgan fingerprint density at radius 2 is 2.12 bits per heavy atom. The molecule has 0 saturated carbocycles. The van der Waals surface area contributed by atoms with Crippen molar-refractivity contribution in [3.05, 3.63) is 46.1 Å². The highest BCUT2D eigenvalue weighted by Crippen LogP contribution is 2.28. The molecule has 2 rings (SSSR count). The molecule has 0 N–H and O–H groups in total. The first-order valence-corrected chi connectivity index (χ1v) is 5.87. The number of aryl methyl sites for hydroxylation is 1. The summed E-state index contributed by atoms with van der Waals surface area (Å²) in [6.07, 6.45) is 1.65. The third kappa shape index (κ3) is 2.09. The minimum absolute atomic E-state index is 0.358. The van der Waals surface area contributed by atoms with E-state index in [1.807, 2.05) is 18.2 Å². The summed E-state index contributed by atoms with van der Waals surface area (Å²) in [5.41, 5.74) is 2.24. The molecule has 0 aliphatic carbocycles. The van der Waals surface area contributed by atoms with Crippen molar-refractivity contribution in [3.63, 3.8) is 0 Å². The molecule has 2 aromatic rings. The number of aldehydes is 1. The molecule has 0 bridgehead atoms. The average Bonchev–Trinajstić information content (AvgIpc) is 2.77. The van der Waals surface area contributed by atoms with Crippen molar-refractivity contribution in [2.24, 2.45) is 0 Å². The molecule has 3 heteroatoms. The van der Waals surface area contributed by atoms with Crippen LogP contribution in [-0.2, 0) is 6.42 Å². The Labute approximate surface area is 102 Å². The zero-order chi connectivity index (χ0) is 11.5. The van der Waals surface area contributed by atoms with E-state index in [4.69, 9.17) is 4.42 Å². The van der Waals surface area contributed by atoms with E-state index in [0.717, 1.165) is 22.2 Å². The van der Waals surface area contributed by atoms with Crippen LogP contribution in [0.3, 0.4) is 0 Å². The van der Waals surface area contributed by atoms with E-state index in [1.54, 1.807) is 6.07 Å². The van der Waals surface area contributed by atoms with Crippen molar-refractivity contribution >= 4 is 22.2 Å².